The van der Waals surface area contributed by atoms with Crippen LogP contribution in [0.1, 0.15) is 5.69 Å². The standard InChI is InChI=1S/C17H17FN8O4S2.C2HF3O2/c1-8-10-6-11(12(18)7-13(10)22-21-8)9-2-3-14(31(27,28)5-4-19)16(32(20,29)30)15(9)17-23-25-26-24-17;3-2(4,5)1(6)7/h2-3,6-7H,4-5,19H2,1H3,(H,21,22)(H2,20,29,30)(H,23,24,25,26);(H,6,7). The molecule has 0 atom stereocenters. The molecule has 0 aliphatic rings. The fraction of sp³-hybridized carbons (Fsp3) is 0.211. The number of H-pyrrole nitrogens is 2. The molecule has 4 rings (SSSR count). The Morgan fingerprint density at radius 2 is 1.74 bits per heavy atom. The number of hydrogen-bond donors (Lipinski definition) is 5. The molecule has 39 heavy (non-hydrogen) atoms. The average molecular weight is 595 g/mol. The fourth-order valence-corrected chi connectivity index (χ4v) is 6.19. The highest BCUT2D eigenvalue weighted by molar-refractivity contribution is 7.93. The molecule has 0 aliphatic carbocycles. The van der Waals surface area contributed by atoms with Gasteiger partial charge >= 0.3 is 12.1 Å². The molecule has 0 amide bonds. The van der Waals surface area contributed by atoms with E-state index in [0.717, 1.165) is 6.07 Å². The van der Waals surface area contributed by atoms with Gasteiger partial charge in [-0.2, -0.15) is 23.5 Å². The molecule has 0 bridgehead atoms. The van der Waals surface area contributed by atoms with E-state index in [2.05, 4.69) is 30.8 Å². The first-order valence-electron chi connectivity index (χ1n) is 10.3. The summed E-state index contributed by atoms with van der Waals surface area (Å²) in [6, 6.07) is 4.95. The molecule has 7 N–H and O–H groups in total. The van der Waals surface area contributed by atoms with Crippen molar-refractivity contribution in [3.05, 3.63) is 35.8 Å². The van der Waals surface area contributed by atoms with Crippen LogP contribution in [0.5, 0.6) is 0 Å². The minimum absolute atomic E-state index is 0.00197. The van der Waals surface area contributed by atoms with Crippen LogP contribution in [0.4, 0.5) is 17.6 Å². The van der Waals surface area contributed by atoms with Gasteiger partial charge in [-0.05, 0) is 29.8 Å². The number of aromatic amines is 2. The number of rotatable bonds is 6. The van der Waals surface area contributed by atoms with E-state index in [1.54, 1.807) is 6.92 Å². The van der Waals surface area contributed by atoms with Crippen LogP contribution >= 0.6 is 0 Å². The first-order valence-corrected chi connectivity index (χ1v) is 13.5. The molecule has 2 aromatic carbocycles. The van der Waals surface area contributed by atoms with Crippen molar-refractivity contribution in [1.82, 2.24) is 30.8 Å². The topological polar surface area (TPSA) is 241 Å². The minimum Gasteiger partial charge on any atom is -0.475 e. The van der Waals surface area contributed by atoms with Gasteiger partial charge in [-0.25, -0.2) is 31.2 Å². The number of carbonyl (C=O) groups is 1. The Hall–Kier alpha value is -4.01. The van der Waals surface area contributed by atoms with Gasteiger partial charge in [-0.3, -0.25) is 5.10 Å². The number of nitrogens with one attached hydrogen (secondary N) is 2. The number of primary sulfonamides is 1. The molecule has 4 aromatic rings. The summed E-state index contributed by atoms with van der Waals surface area (Å²) in [6.45, 7) is 1.48. The van der Waals surface area contributed by atoms with E-state index in [-0.39, 0.29) is 29.1 Å². The first-order chi connectivity index (χ1) is 18.0. The summed E-state index contributed by atoms with van der Waals surface area (Å²) in [5, 5.41) is 33.0. The highest BCUT2D eigenvalue weighted by Gasteiger charge is 2.38. The van der Waals surface area contributed by atoms with E-state index >= 15 is 4.39 Å². The van der Waals surface area contributed by atoms with E-state index in [4.69, 9.17) is 20.8 Å². The van der Waals surface area contributed by atoms with Gasteiger partial charge in [0.05, 0.1) is 21.7 Å². The average Bonchev–Trinajstić information content (AvgIpc) is 3.47. The lowest BCUT2D eigenvalue weighted by Gasteiger charge is -2.16. The summed E-state index contributed by atoms with van der Waals surface area (Å²) in [7, 11) is -8.82. The van der Waals surface area contributed by atoms with Gasteiger partial charge in [0.2, 0.25) is 15.8 Å². The van der Waals surface area contributed by atoms with Gasteiger partial charge < -0.3 is 10.8 Å². The lowest BCUT2D eigenvalue weighted by Crippen LogP contribution is -2.22. The summed E-state index contributed by atoms with van der Waals surface area (Å²) in [4.78, 5) is 7.54. The molecule has 2 heterocycles. The largest absolute Gasteiger partial charge is 0.490 e. The molecule has 0 saturated heterocycles. The fourth-order valence-electron chi connectivity index (χ4n) is 3.44. The van der Waals surface area contributed by atoms with E-state index in [1.807, 2.05) is 0 Å². The molecular formula is C19H18F4N8O6S2. The Labute approximate surface area is 216 Å². The number of hydrogen-bond acceptors (Lipinski definition) is 10. The van der Waals surface area contributed by atoms with Crippen LogP contribution in [0.2, 0.25) is 0 Å². The van der Waals surface area contributed by atoms with Crippen molar-refractivity contribution < 1.29 is 44.3 Å². The number of carboxylic acids is 1. The lowest BCUT2D eigenvalue weighted by molar-refractivity contribution is -0.192. The van der Waals surface area contributed by atoms with Crippen LogP contribution in [0.25, 0.3) is 33.4 Å². The van der Waals surface area contributed by atoms with Crippen molar-refractivity contribution in [2.45, 2.75) is 22.9 Å². The summed E-state index contributed by atoms with van der Waals surface area (Å²) < 4.78 is 97.6. The number of carboxylic acid groups (broad SMARTS) is 1. The lowest BCUT2D eigenvalue weighted by atomic mass is 9.97. The monoisotopic (exact) mass is 594 g/mol. The van der Waals surface area contributed by atoms with Gasteiger partial charge in [-0.15, -0.1) is 10.2 Å². The van der Waals surface area contributed by atoms with Crippen LogP contribution in [0, 0.1) is 12.7 Å². The second-order valence-electron chi connectivity index (χ2n) is 7.70. The third kappa shape index (κ3) is 6.19. The maximum Gasteiger partial charge on any atom is 0.490 e. The molecular weight excluding hydrogens is 576 g/mol. The van der Waals surface area contributed by atoms with E-state index in [9.17, 15) is 30.0 Å². The van der Waals surface area contributed by atoms with Crippen molar-refractivity contribution in [2.24, 2.45) is 10.9 Å². The van der Waals surface area contributed by atoms with Crippen LogP contribution in [-0.4, -0.2) is 77.2 Å². The third-order valence-corrected chi connectivity index (χ3v) is 7.97. The number of alkyl halides is 3. The number of halogens is 4. The molecule has 14 nitrogen and oxygen atoms in total. The normalized spacial score (nSPS) is 12.3. The predicted octanol–water partition coefficient (Wildman–Crippen LogP) is 0.871. The Morgan fingerprint density at radius 1 is 1.10 bits per heavy atom. The summed E-state index contributed by atoms with van der Waals surface area (Å²) in [5.74, 6) is -4.30. The predicted molar refractivity (Wildman–Crippen MR) is 126 cm³/mol. The van der Waals surface area contributed by atoms with Crippen molar-refractivity contribution >= 4 is 36.7 Å². The number of fused-ring (bicyclic) bond motifs is 1. The van der Waals surface area contributed by atoms with Gasteiger partial charge in [0, 0.05) is 29.3 Å². The number of aromatic nitrogens is 6. The molecule has 0 fully saturated rings. The van der Waals surface area contributed by atoms with Gasteiger partial charge in [0.25, 0.3) is 0 Å². The summed E-state index contributed by atoms with van der Waals surface area (Å²) in [6.07, 6.45) is -5.08. The maximum absolute atomic E-state index is 15.1. The van der Waals surface area contributed by atoms with Gasteiger partial charge in [-0.1, -0.05) is 6.07 Å². The zero-order chi connectivity index (χ0) is 29.3. The minimum atomic E-state index is -5.08. The van der Waals surface area contributed by atoms with Crippen molar-refractivity contribution in [3.8, 4) is 22.5 Å². The second-order valence-corrected chi connectivity index (χ2v) is 11.3. The molecule has 0 radical (unpaired) electrons. The second kappa shape index (κ2) is 10.6. The molecule has 2 aromatic heterocycles. The number of aliphatic carboxylic acids is 1. The molecule has 0 aliphatic heterocycles. The van der Waals surface area contributed by atoms with E-state index in [0.29, 0.717) is 16.6 Å². The number of nitrogens with zero attached hydrogens (tertiary/aromatic N) is 4. The van der Waals surface area contributed by atoms with E-state index in [1.165, 1.54) is 18.2 Å². The Bertz CT molecular complexity index is 1750. The smallest absolute Gasteiger partial charge is 0.475 e. The molecule has 0 saturated carbocycles. The SMILES string of the molecule is Cc1[nH]nc2cc(F)c(-c3ccc(S(=O)(=O)CCN)c(S(N)(=O)=O)c3-c3nn[nH]n3)cc12.O=C(O)C(F)(F)F. The van der Waals surface area contributed by atoms with Crippen molar-refractivity contribution in [2.75, 3.05) is 12.3 Å². The van der Waals surface area contributed by atoms with Crippen LogP contribution in [0.15, 0.2) is 34.1 Å². The number of aryl methyl sites for hydroxylation is 1. The van der Waals surface area contributed by atoms with E-state index < -0.39 is 53.4 Å². The van der Waals surface area contributed by atoms with Crippen LogP contribution in [-0.2, 0) is 24.7 Å². The highest BCUT2D eigenvalue weighted by Crippen LogP contribution is 2.40. The molecule has 210 valence electrons. The quantitative estimate of drug-likeness (QED) is 0.196. The number of tetrazole rings is 1. The number of benzene rings is 2. The zero-order valence-corrected chi connectivity index (χ0v) is 21.1. The molecule has 0 unspecified atom stereocenters. The number of sulfonamides is 1. The summed E-state index contributed by atoms with van der Waals surface area (Å²) >= 11 is 0. The highest BCUT2D eigenvalue weighted by atomic mass is 32.2. The van der Waals surface area contributed by atoms with Gasteiger partial charge in [0.15, 0.2) is 9.84 Å². The van der Waals surface area contributed by atoms with Gasteiger partial charge in [0.1, 0.15) is 10.7 Å². The molecule has 0 spiro atoms. The Balaban J connectivity index is 0.000000532. The Morgan fingerprint density at radius 3 is 2.26 bits per heavy atom. The Kier molecular flexibility index (Phi) is 8.05. The third-order valence-electron chi connectivity index (χ3n) is 5.06. The molecule has 20 heteroatoms. The van der Waals surface area contributed by atoms with Crippen LogP contribution in [0.3, 0.4) is 0 Å². The first kappa shape index (κ1) is 29.5. The zero-order valence-electron chi connectivity index (χ0n) is 19.5. The summed E-state index contributed by atoms with van der Waals surface area (Å²) in [5.41, 5.74) is 6.05. The van der Waals surface area contributed by atoms with Crippen LogP contribution < -0.4 is 10.9 Å². The number of nitrogens with two attached hydrogens (primary N) is 2. The van der Waals surface area contributed by atoms with Crippen molar-refractivity contribution in [3.63, 3.8) is 0 Å². The maximum atomic E-state index is 15.1. The van der Waals surface area contributed by atoms with Crippen molar-refractivity contribution in [1.29, 1.82) is 0 Å². The number of sulfone groups is 1.